The lowest BCUT2D eigenvalue weighted by molar-refractivity contribution is -0.120. The summed E-state index contributed by atoms with van der Waals surface area (Å²) in [6.07, 6.45) is 0.298. The molecule has 0 heterocycles. The van der Waals surface area contributed by atoms with Crippen molar-refractivity contribution in [3.63, 3.8) is 0 Å². The number of carbonyl (C=O) groups is 2. The SMILES string of the molecule is CC(CC(=O)Nc1ccc(Cl)cc1)=NNC(=O)Cc1cccc2ccccc12. The van der Waals surface area contributed by atoms with Crippen LogP contribution in [0.1, 0.15) is 18.9 Å². The molecule has 0 radical (unpaired) electrons. The van der Waals surface area contributed by atoms with E-state index in [1.54, 1.807) is 31.2 Å². The van der Waals surface area contributed by atoms with Crippen LogP contribution in [-0.2, 0) is 16.0 Å². The molecule has 0 bridgehead atoms. The van der Waals surface area contributed by atoms with Crippen molar-refractivity contribution in [3.8, 4) is 0 Å². The van der Waals surface area contributed by atoms with Crippen LogP contribution >= 0.6 is 11.6 Å². The van der Waals surface area contributed by atoms with Gasteiger partial charge in [0.25, 0.3) is 0 Å². The molecular weight excluding hydrogens is 374 g/mol. The minimum atomic E-state index is -0.228. The lowest BCUT2D eigenvalue weighted by Crippen LogP contribution is -2.23. The summed E-state index contributed by atoms with van der Waals surface area (Å²) in [4.78, 5) is 24.3. The predicted octanol–water partition coefficient (Wildman–Crippen LogP) is 4.56. The Balaban J connectivity index is 1.54. The van der Waals surface area contributed by atoms with Crippen LogP contribution in [0.5, 0.6) is 0 Å². The lowest BCUT2D eigenvalue weighted by atomic mass is 10.0. The maximum Gasteiger partial charge on any atom is 0.244 e. The van der Waals surface area contributed by atoms with E-state index in [9.17, 15) is 9.59 Å². The highest BCUT2D eigenvalue weighted by Crippen LogP contribution is 2.18. The van der Waals surface area contributed by atoms with Gasteiger partial charge in [-0.25, -0.2) is 5.43 Å². The number of hydrogen-bond acceptors (Lipinski definition) is 3. The Morgan fingerprint density at radius 1 is 0.929 bits per heavy atom. The van der Waals surface area contributed by atoms with Crippen molar-refractivity contribution in [3.05, 3.63) is 77.3 Å². The molecule has 0 aliphatic rings. The van der Waals surface area contributed by atoms with Crippen molar-refractivity contribution < 1.29 is 9.59 Å². The molecule has 0 aromatic heterocycles. The number of carbonyl (C=O) groups excluding carboxylic acids is 2. The van der Waals surface area contributed by atoms with Crippen LogP contribution in [0.3, 0.4) is 0 Å². The van der Waals surface area contributed by atoms with Gasteiger partial charge in [0.15, 0.2) is 0 Å². The molecule has 142 valence electrons. The lowest BCUT2D eigenvalue weighted by Gasteiger charge is -2.07. The second-order valence-corrected chi connectivity index (χ2v) is 6.87. The first kappa shape index (κ1) is 19.6. The van der Waals surface area contributed by atoms with Crippen LogP contribution in [0, 0.1) is 0 Å². The van der Waals surface area contributed by atoms with Gasteiger partial charge in [-0.2, -0.15) is 5.10 Å². The third-order valence-electron chi connectivity index (χ3n) is 4.15. The second kappa shape index (κ2) is 9.15. The molecule has 0 spiro atoms. The number of hydrogen-bond donors (Lipinski definition) is 2. The van der Waals surface area contributed by atoms with Gasteiger partial charge in [0.1, 0.15) is 0 Å². The van der Waals surface area contributed by atoms with E-state index < -0.39 is 0 Å². The second-order valence-electron chi connectivity index (χ2n) is 6.43. The van der Waals surface area contributed by atoms with Gasteiger partial charge in [0.05, 0.1) is 12.8 Å². The number of fused-ring (bicyclic) bond motifs is 1. The molecule has 0 unspecified atom stereocenters. The van der Waals surface area contributed by atoms with E-state index in [-0.39, 0.29) is 24.7 Å². The summed E-state index contributed by atoms with van der Waals surface area (Å²) in [5.41, 5.74) is 4.62. The summed E-state index contributed by atoms with van der Waals surface area (Å²) in [6.45, 7) is 1.69. The zero-order valence-electron chi connectivity index (χ0n) is 15.4. The van der Waals surface area contributed by atoms with E-state index in [0.717, 1.165) is 16.3 Å². The highest BCUT2D eigenvalue weighted by molar-refractivity contribution is 6.30. The minimum absolute atomic E-state index is 0.0805. The molecule has 2 N–H and O–H groups in total. The molecule has 0 saturated carbocycles. The molecule has 0 fully saturated rings. The summed E-state index contributed by atoms with van der Waals surface area (Å²) in [7, 11) is 0. The largest absolute Gasteiger partial charge is 0.326 e. The molecule has 0 aliphatic carbocycles. The van der Waals surface area contributed by atoms with Gasteiger partial charge in [-0.3, -0.25) is 9.59 Å². The van der Waals surface area contributed by atoms with Gasteiger partial charge >= 0.3 is 0 Å². The van der Waals surface area contributed by atoms with E-state index in [2.05, 4.69) is 15.8 Å². The highest BCUT2D eigenvalue weighted by Gasteiger charge is 2.08. The van der Waals surface area contributed by atoms with E-state index in [1.807, 2.05) is 42.5 Å². The van der Waals surface area contributed by atoms with Gasteiger partial charge in [-0.15, -0.1) is 0 Å². The fourth-order valence-corrected chi connectivity index (χ4v) is 2.95. The Labute approximate surface area is 168 Å². The van der Waals surface area contributed by atoms with Crippen molar-refractivity contribution in [2.75, 3.05) is 5.32 Å². The number of amides is 2. The Morgan fingerprint density at radius 3 is 2.43 bits per heavy atom. The predicted molar refractivity (Wildman–Crippen MR) is 114 cm³/mol. The molecule has 3 rings (SSSR count). The number of nitrogens with zero attached hydrogens (tertiary/aromatic N) is 1. The fourth-order valence-electron chi connectivity index (χ4n) is 2.83. The summed E-state index contributed by atoms with van der Waals surface area (Å²) in [5.74, 6) is -0.444. The van der Waals surface area contributed by atoms with Crippen LogP contribution in [-0.4, -0.2) is 17.5 Å². The monoisotopic (exact) mass is 393 g/mol. The van der Waals surface area contributed by atoms with Gasteiger partial charge < -0.3 is 5.32 Å². The van der Waals surface area contributed by atoms with E-state index in [1.165, 1.54) is 0 Å². The Kier molecular flexibility index (Phi) is 6.40. The molecule has 0 aliphatic heterocycles. The van der Waals surface area contributed by atoms with Crippen molar-refractivity contribution in [1.82, 2.24) is 5.43 Å². The average molecular weight is 394 g/mol. The van der Waals surface area contributed by atoms with E-state index in [0.29, 0.717) is 16.4 Å². The van der Waals surface area contributed by atoms with Gasteiger partial charge in [-0.05, 0) is 47.5 Å². The third kappa shape index (κ3) is 5.41. The smallest absolute Gasteiger partial charge is 0.244 e. The molecule has 0 saturated heterocycles. The molecule has 5 nitrogen and oxygen atoms in total. The Bertz CT molecular complexity index is 1020. The van der Waals surface area contributed by atoms with Crippen LogP contribution < -0.4 is 10.7 Å². The molecule has 28 heavy (non-hydrogen) atoms. The number of rotatable bonds is 6. The van der Waals surface area contributed by atoms with Gasteiger partial charge in [0.2, 0.25) is 11.8 Å². The molecule has 0 atom stereocenters. The number of anilines is 1. The Hall–Kier alpha value is -3.18. The molecule has 3 aromatic carbocycles. The van der Waals surface area contributed by atoms with Crippen molar-refractivity contribution in [1.29, 1.82) is 0 Å². The normalized spacial score (nSPS) is 11.3. The molecule has 6 heteroatoms. The summed E-state index contributed by atoms with van der Waals surface area (Å²) >= 11 is 5.82. The molecule has 3 aromatic rings. The van der Waals surface area contributed by atoms with Gasteiger partial charge in [-0.1, -0.05) is 54.1 Å². The van der Waals surface area contributed by atoms with E-state index in [4.69, 9.17) is 11.6 Å². The molecular formula is C22H20ClN3O2. The van der Waals surface area contributed by atoms with Crippen molar-refractivity contribution in [2.24, 2.45) is 5.10 Å². The number of benzene rings is 3. The first-order valence-electron chi connectivity index (χ1n) is 8.85. The average Bonchev–Trinajstić information content (AvgIpc) is 2.68. The van der Waals surface area contributed by atoms with E-state index >= 15 is 0 Å². The number of halogens is 1. The molecule has 2 amide bonds. The van der Waals surface area contributed by atoms with Crippen LogP contribution in [0.2, 0.25) is 5.02 Å². The maximum atomic E-state index is 12.2. The summed E-state index contributed by atoms with van der Waals surface area (Å²) in [5, 5.41) is 9.52. The van der Waals surface area contributed by atoms with Crippen LogP contribution in [0.4, 0.5) is 5.69 Å². The summed E-state index contributed by atoms with van der Waals surface area (Å²) < 4.78 is 0. The standard InChI is InChI=1S/C22H20ClN3O2/c1-15(13-21(27)24-19-11-9-18(23)10-12-19)25-26-22(28)14-17-7-4-6-16-5-2-3-8-20(16)17/h2-12H,13-14H2,1H3,(H,24,27)(H,26,28). The quantitative estimate of drug-likeness (QED) is 0.476. The maximum absolute atomic E-state index is 12.2. The van der Waals surface area contributed by atoms with Crippen molar-refractivity contribution >= 4 is 45.6 Å². The van der Waals surface area contributed by atoms with Crippen LogP contribution in [0.25, 0.3) is 10.8 Å². The zero-order chi connectivity index (χ0) is 19.9. The first-order chi connectivity index (χ1) is 13.5. The first-order valence-corrected chi connectivity index (χ1v) is 9.23. The van der Waals surface area contributed by atoms with Crippen molar-refractivity contribution in [2.45, 2.75) is 19.8 Å². The summed E-state index contributed by atoms with van der Waals surface area (Å²) in [6, 6.07) is 20.6. The van der Waals surface area contributed by atoms with Crippen LogP contribution in [0.15, 0.2) is 71.8 Å². The minimum Gasteiger partial charge on any atom is -0.326 e. The fraction of sp³-hybridized carbons (Fsp3) is 0.136. The Morgan fingerprint density at radius 2 is 1.64 bits per heavy atom. The van der Waals surface area contributed by atoms with Gasteiger partial charge in [0, 0.05) is 16.4 Å². The topological polar surface area (TPSA) is 70.6 Å². The highest BCUT2D eigenvalue weighted by atomic mass is 35.5. The number of nitrogens with one attached hydrogen (secondary N) is 2. The zero-order valence-corrected chi connectivity index (χ0v) is 16.2. The third-order valence-corrected chi connectivity index (χ3v) is 4.40. The number of hydrazone groups is 1.